The third-order valence-electron chi connectivity index (χ3n) is 7.23. The molecule has 2 fully saturated rings. The summed E-state index contributed by atoms with van der Waals surface area (Å²) in [5.41, 5.74) is -0.235. The number of rotatable bonds is 5. The summed E-state index contributed by atoms with van der Waals surface area (Å²) in [6, 6.07) is 6.39. The molecule has 2 aromatic rings. The molecule has 0 heterocycles. The second-order valence-electron chi connectivity index (χ2n) is 9.15. The van der Waals surface area contributed by atoms with Gasteiger partial charge in [-0.2, -0.15) is 0 Å². The summed E-state index contributed by atoms with van der Waals surface area (Å²) >= 11 is 0. The van der Waals surface area contributed by atoms with E-state index in [1.54, 1.807) is 0 Å². The number of hydrogen-bond acceptors (Lipinski definition) is 3. The molecule has 6 heteroatoms. The molecule has 176 valence electrons. The van der Waals surface area contributed by atoms with E-state index in [-0.39, 0.29) is 17.4 Å². The monoisotopic (exact) mass is 458 g/mol. The van der Waals surface area contributed by atoms with Gasteiger partial charge in [0.15, 0.2) is 23.2 Å². The van der Waals surface area contributed by atoms with Crippen LogP contribution in [0.1, 0.15) is 67.3 Å². The van der Waals surface area contributed by atoms with Crippen molar-refractivity contribution in [3.63, 3.8) is 0 Å². The molecule has 3 nitrogen and oxygen atoms in total. The molecule has 0 spiro atoms. The summed E-state index contributed by atoms with van der Waals surface area (Å²) in [7, 11) is 1.38. The number of benzene rings is 2. The van der Waals surface area contributed by atoms with Crippen LogP contribution in [0.2, 0.25) is 0 Å². The molecule has 0 radical (unpaired) electrons. The molecule has 2 aliphatic carbocycles. The molecule has 2 aromatic carbocycles. The number of methoxy groups -OCH3 is 1. The van der Waals surface area contributed by atoms with Crippen molar-refractivity contribution in [2.24, 2.45) is 17.8 Å². The maximum Gasteiger partial charge on any atom is 0.346 e. The maximum absolute atomic E-state index is 15.0. The molecular weight excluding hydrogens is 429 g/mol. The highest BCUT2D eigenvalue weighted by Gasteiger charge is 2.36. The Bertz CT molecular complexity index is 1050. The van der Waals surface area contributed by atoms with Crippen molar-refractivity contribution in [3.8, 4) is 11.5 Å². The van der Waals surface area contributed by atoms with Crippen molar-refractivity contribution < 1.29 is 27.4 Å². The highest BCUT2D eigenvalue weighted by Crippen LogP contribution is 2.48. The lowest BCUT2D eigenvalue weighted by atomic mass is 9.64. The Labute approximate surface area is 192 Å². The molecule has 33 heavy (non-hydrogen) atoms. The molecular formula is C27H29F3O3. The Morgan fingerprint density at radius 3 is 2.45 bits per heavy atom. The molecule has 0 saturated heterocycles. The Kier molecular flexibility index (Phi) is 7.11. The largest absolute Gasteiger partial charge is 0.497 e. The molecule has 4 unspecified atom stereocenters. The molecule has 0 aromatic heterocycles. The Morgan fingerprint density at radius 1 is 0.970 bits per heavy atom. The molecule has 0 N–H and O–H groups in total. The molecule has 4 rings (SSSR count). The second-order valence-corrected chi connectivity index (χ2v) is 9.15. The van der Waals surface area contributed by atoms with E-state index in [0.717, 1.165) is 38.2 Å². The standard InChI is InChI=1S/C27H29F3O3/c1-3-4-16-5-6-18-14-19(8-7-17(18)13-16)21-10-11-22(26(30)25(21)29)27(31)33-24-12-9-20(32-2)15-23(24)28/h3-4,9-12,15-19H,5-8,13-14H2,1-2H3/b4-3+. The van der Waals surface area contributed by atoms with Gasteiger partial charge < -0.3 is 9.47 Å². The van der Waals surface area contributed by atoms with E-state index in [1.165, 1.54) is 37.8 Å². The SMILES string of the molecule is C/C=C/C1CCC2CC(c3ccc(C(=O)Oc4ccc(OC)cc4F)c(F)c3F)CCC2C1. The van der Waals surface area contributed by atoms with Gasteiger partial charge in [-0.15, -0.1) is 0 Å². The second kappa shape index (κ2) is 10.0. The van der Waals surface area contributed by atoms with Crippen LogP contribution in [-0.4, -0.2) is 13.1 Å². The number of fused-ring (bicyclic) bond motifs is 1. The number of ether oxygens (including phenoxy) is 2. The third kappa shape index (κ3) is 4.94. The minimum atomic E-state index is -1.25. The van der Waals surface area contributed by atoms with Crippen LogP contribution in [0.15, 0.2) is 42.5 Å². The van der Waals surface area contributed by atoms with Crippen LogP contribution in [0.4, 0.5) is 13.2 Å². The lowest BCUT2D eigenvalue weighted by Crippen LogP contribution is -2.30. The summed E-state index contributed by atoms with van der Waals surface area (Å²) in [5.74, 6) is -2.64. The van der Waals surface area contributed by atoms with Crippen molar-refractivity contribution >= 4 is 5.97 Å². The summed E-state index contributed by atoms with van der Waals surface area (Å²) in [4.78, 5) is 12.4. The van der Waals surface area contributed by atoms with Gasteiger partial charge in [0.05, 0.1) is 12.7 Å². The van der Waals surface area contributed by atoms with Crippen molar-refractivity contribution in [2.45, 2.75) is 51.4 Å². The van der Waals surface area contributed by atoms with Gasteiger partial charge in [-0.25, -0.2) is 18.0 Å². The fourth-order valence-electron chi connectivity index (χ4n) is 5.54. The number of carbonyl (C=O) groups excluding carboxylic acids is 1. The van der Waals surface area contributed by atoms with Gasteiger partial charge in [0.25, 0.3) is 0 Å². The first kappa shape index (κ1) is 23.4. The number of carbonyl (C=O) groups is 1. The van der Waals surface area contributed by atoms with Crippen molar-refractivity contribution in [2.75, 3.05) is 7.11 Å². The fraction of sp³-hybridized carbons (Fsp3) is 0.444. The molecule has 0 aliphatic heterocycles. The van der Waals surface area contributed by atoms with Gasteiger partial charge in [-0.05, 0) is 92.9 Å². The summed E-state index contributed by atoms with van der Waals surface area (Å²) in [6.07, 6.45) is 10.5. The zero-order valence-electron chi connectivity index (χ0n) is 19.0. The van der Waals surface area contributed by atoms with Crippen molar-refractivity contribution in [1.82, 2.24) is 0 Å². The van der Waals surface area contributed by atoms with Crippen LogP contribution in [0.5, 0.6) is 11.5 Å². The van der Waals surface area contributed by atoms with Gasteiger partial charge in [0, 0.05) is 6.07 Å². The van der Waals surface area contributed by atoms with Gasteiger partial charge in [0.1, 0.15) is 5.75 Å². The molecule has 2 saturated carbocycles. The number of hydrogen-bond donors (Lipinski definition) is 0. The Morgan fingerprint density at radius 2 is 1.73 bits per heavy atom. The zero-order valence-corrected chi connectivity index (χ0v) is 19.0. The van der Waals surface area contributed by atoms with Crippen molar-refractivity contribution in [1.29, 1.82) is 0 Å². The average molecular weight is 459 g/mol. The van der Waals surface area contributed by atoms with E-state index in [9.17, 15) is 13.6 Å². The summed E-state index contributed by atoms with van der Waals surface area (Å²) < 4.78 is 53.8. The average Bonchev–Trinajstić information content (AvgIpc) is 2.82. The van der Waals surface area contributed by atoms with Crippen LogP contribution in [-0.2, 0) is 0 Å². The molecule has 0 bridgehead atoms. The molecule has 0 amide bonds. The highest BCUT2D eigenvalue weighted by molar-refractivity contribution is 5.91. The van der Waals surface area contributed by atoms with Crippen LogP contribution in [0.3, 0.4) is 0 Å². The Hall–Kier alpha value is -2.76. The van der Waals surface area contributed by atoms with Crippen LogP contribution >= 0.6 is 0 Å². The van der Waals surface area contributed by atoms with Crippen LogP contribution < -0.4 is 9.47 Å². The van der Waals surface area contributed by atoms with Gasteiger partial charge in [0.2, 0.25) is 0 Å². The smallest absolute Gasteiger partial charge is 0.346 e. The number of allylic oxidation sites excluding steroid dienone is 2. The number of halogens is 3. The van der Waals surface area contributed by atoms with E-state index in [2.05, 4.69) is 12.2 Å². The summed E-state index contributed by atoms with van der Waals surface area (Å²) in [6.45, 7) is 2.05. The minimum absolute atomic E-state index is 0.0666. The van der Waals surface area contributed by atoms with E-state index in [4.69, 9.17) is 9.47 Å². The predicted molar refractivity (Wildman–Crippen MR) is 120 cm³/mol. The first-order chi connectivity index (χ1) is 15.9. The molecule has 4 atom stereocenters. The predicted octanol–water partition coefficient (Wildman–Crippen LogP) is 7.21. The first-order valence-corrected chi connectivity index (χ1v) is 11.6. The molecule has 2 aliphatic rings. The van der Waals surface area contributed by atoms with Crippen LogP contribution in [0.25, 0.3) is 0 Å². The maximum atomic E-state index is 15.0. The quantitative estimate of drug-likeness (QED) is 0.270. The van der Waals surface area contributed by atoms with E-state index in [0.29, 0.717) is 23.3 Å². The lowest BCUT2D eigenvalue weighted by Gasteiger charge is -2.42. The van der Waals surface area contributed by atoms with E-state index in [1.807, 2.05) is 6.92 Å². The fourth-order valence-corrected chi connectivity index (χ4v) is 5.54. The minimum Gasteiger partial charge on any atom is -0.497 e. The Balaban J connectivity index is 1.47. The van der Waals surface area contributed by atoms with E-state index >= 15 is 4.39 Å². The van der Waals surface area contributed by atoms with Gasteiger partial charge in [-0.1, -0.05) is 18.2 Å². The normalized spacial score (nSPS) is 25.0. The summed E-state index contributed by atoms with van der Waals surface area (Å²) in [5, 5.41) is 0. The van der Waals surface area contributed by atoms with Crippen LogP contribution in [0, 0.1) is 35.2 Å². The van der Waals surface area contributed by atoms with Gasteiger partial charge in [-0.3, -0.25) is 0 Å². The lowest BCUT2D eigenvalue weighted by molar-refractivity contribution is 0.0721. The third-order valence-corrected chi connectivity index (χ3v) is 7.23. The number of esters is 1. The van der Waals surface area contributed by atoms with Gasteiger partial charge >= 0.3 is 5.97 Å². The zero-order chi connectivity index (χ0) is 23.5. The topological polar surface area (TPSA) is 35.5 Å². The van der Waals surface area contributed by atoms with E-state index < -0.39 is 29.0 Å². The first-order valence-electron chi connectivity index (χ1n) is 11.6. The van der Waals surface area contributed by atoms with Crippen molar-refractivity contribution in [3.05, 3.63) is 71.1 Å². The highest BCUT2D eigenvalue weighted by atomic mass is 19.2.